The molecule has 4 aliphatic rings. The summed E-state index contributed by atoms with van der Waals surface area (Å²) in [5.41, 5.74) is 0.236. The van der Waals surface area contributed by atoms with Crippen LogP contribution in [0.3, 0.4) is 0 Å². The molecule has 4 bridgehead atoms. The van der Waals surface area contributed by atoms with Crippen LogP contribution in [0.25, 0.3) is 0 Å². The van der Waals surface area contributed by atoms with Gasteiger partial charge in [0.2, 0.25) is 0 Å². The van der Waals surface area contributed by atoms with E-state index in [9.17, 15) is 5.11 Å². The zero-order chi connectivity index (χ0) is 13.3. The molecule has 0 aromatic heterocycles. The van der Waals surface area contributed by atoms with Crippen molar-refractivity contribution in [2.45, 2.75) is 70.8 Å². The van der Waals surface area contributed by atoms with Crippen molar-refractivity contribution in [3.05, 3.63) is 0 Å². The highest BCUT2D eigenvalue weighted by molar-refractivity contribution is 5.04. The van der Waals surface area contributed by atoms with Crippen LogP contribution < -0.4 is 0 Å². The number of rotatable bonds is 7. The molecule has 4 aliphatic carbocycles. The summed E-state index contributed by atoms with van der Waals surface area (Å²) in [6.45, 7) is 3.62. The lowest BCUT2D eigenvalue weighted by molar-refractivity contribution is -0.139. The van der Waals surface area contributed by atoms with Gasteiger partial charge in [-0.15, -0.1) is 0 Å². The fraction of sp³-hybridized carbons (Fsp3) is 1.00. The van der Waals surface area contributed by atoms with Gasteiger partial charge in [-0.2, -0.15) is 0 Å². The van der Waals surface area contributed by atoms with Crippen LogP contribution in [0.5, 0.6) is 0 Å². The molecular weight excluding hydrogens is 236 g/mol. The monoisotopic (exact) mass is 266 g/mol. The van der Waals surface area contributed by atoms with Gasteiger partial charge in [0.1, 0.15) is 0 Å². The maximum absolute atomic E-state index is 10.6. The SMILES string of the molecule is CCCCCOCC(O)C12CC3CC(CC(C3)C1)C2. The summed E-state index contributed by atoms with van der Waals surface area (Å²) < 4.78 is 5.74. The number of hydrogen-bond donors (Lipinski definition) is 1. The van der Waals surface area contributed by atoms with Crippen LogP contribution in [0.15, 0.2) is 0 Å². The third-order valence-corrected chi connectivity index (χ3v) is 5.96. The van der Waals surface area contributed by atoms with Crippen LogP contribution in [-0.2, 0) is 4.74 Å². The molecule has 2 nitrogen and oxygen atoms in total. The predicted molar refractivity (Wildman–Crippen MR) is 77.0 cm³/mol. The number of unbranched alkanes of at least 4 members (excludes halogenated alkanes) is 2. The average molecular weight is 266 g/mol. The molecule has 4 fully saturated rings. The average Bonchev–Trinajstić information content (AvgIpc) is 2.36. The van der Waals surface area contributed by atoms with Gasteiger partial charge in [0.15, 0.2) is 0 Å². The second-order valence-corrected chi connectivity index (χ2v) is 7.58. The van der Waals surface area contributed by atoms with E-state index in [0.29, 0.717) is 6.61 Å². The molecule has 0 spiro atoms. The smallest absolute Gasteiger partial charge is 0.0829 e. The molecule has 4 saturated carbocycles. The number of hydrogen-bond acceptors (Lipinski definition) is 2. The summed E-state index contributed by atoms with van der Waals surface area (Å²) in [4.78, 5) is 0. The summed E-state index contributed by atoms with van der Waals surface area (Å²) in [6.07, 6.45) is 11.6. The zero-order valence-electron chi connectivity index (χ0n) is 12.4. The molecule has 110 valence electrons. The Morgan fingerprint density at radius 2 is 1.63 bits per heavy atom. The summed E-state index contributed by atoms with van der Waals surface area (Å²) >= 11 is 0. The van der Waals surface area contributed by atoms with E-state index in [1.807, 2.05) is 0 Å². The normalized spacial score (nSPS) is 41.7. The van der Waals surface area contributed by atoms with E-state index in [4.69, 9.17) is 4.74 Å². The molecule has 1 atom stereocenters. The van der Waals surface area contributed by atoms with E-state index < -0.39 is 0 Å². The molecule has 0 aliphatic heterocycles. The highest BCUT2D eigenvalue weighted by atomic mass is 16.5. The van der Waals surface area contributed by atoms with Gasteiger partial charge >= 0.3 is 0 Å². The van der Waals surface area contributed by atoms with E-state index in [1.165, 1.54) is 51.4 Å². The molecule has 2 heteroatoms. The summed E-state index contributed by atoms with van der Waals surface area (Å²) in [6, 6.07) is 0. The van der Waals surface area contributed by atoms with Crippen LogP contribution in [0.1, 0.15) is 64.7 Å². The first-order valence-corrected chi connectivity index (χ1v) is 8.47. The molecular formula is C17H30O2. The van der Waals surface area contributed by atoms with Crippen molar-refractivity contribution in [1.29, 1.82) is 0 Å². The fourth-order valence-corrected chi connectivity index (χ4v) is 5.41. The lowest BCUT2D eigenvalue weighted by atomic mass is 9.48. The highest BCUT2D eigenvalue weighted by Crippen LogP contribution is 2.61. The quantitative estimate of drug-likeness (QED) is 0.711. The van der Waals surface area contributed by atoms with Gasteiger partial charge in [0.05, 0.1) is 12.7 Å². The highest BCUT2D eigenvalue weighted by Gasteiger charge is 2.53. The zero-order valence-corrected chi connectivity index (χ0v) is 12.4. The maximum atomic E-state index is 10.6. The second kappa shape index (κ2) is 5.73. The second-order valence-electron chi connectivity index (χ2n) is 7.58. The summed E-state index contributed by atoms with van der Waals surface area (Å²) in [5.74, 6) is 2.75. The van der Waals surface area contributed by atoms with Crippen molar-refractivity contribution in [2.24, 2.45) is 23.2 Å². The minimum atomic E-state index is -0.206. The van der Waals surface area contributed by atoms with Gasteiger partial charge in [-0.3, -0.25) is 0 Å². The summed E-state index contributed by atoms with van der Waals surface area (Å²) in [5, 5.41) is 10.6. The first-order chi connectivity index (χ1) is 9.22. The molecule has 0 aromatic carbocycles. The van der Waals surface area contributed by atoms with Crippen LogP contribution in [0, 0.1) is 23.2 Å². The van der Waals surface area contributed by atoms with Gasteiger partial charge in [-0.25, -0.2) is 0 Å². The van der Waals surface area contributed by atoms with Crippen LogP contribution in [-0.4, -0.2) is 24.4 Å². The van der Waals surface area contributed by atoms with Gasteiger partial charge in [-0.1, -0.05) is 19.8 Å². The first-order valence-electron chi connectivity index (χ1n) is 8.47. The minimum absolute atomic E-state index is 0.206. The lowest BCUT2D eigenvalue weighted by Crippen LogP contribution is -2.52. The molecule has 0 radical (unpaired) electrons. The third kappa shape index (κ3) is 2.85. The van der Waals surface area contributed by atoms with Crippen molar-refractivity contribution in [3.63, 3.8) is 0 Å². The van der Waals surface area contributed by atoms with Gasteiger partial charge in [0.25, 0.3) is 0 Å². The molecule has 0 amide bonds. The van der Waals surface area contributed by atoms with E-state index in [1.54, 1.807) is 0 Å². The largest absolute Gasteiger partial charge is 0.390 e. The molecule has 0 aromatic rings. The predicted octanol–water partition coefficient (Wildman–Crippen LogP) is 3.77. The van der Waals surface area contributed by atoms with Crippen molar-refractivity contribution in [3.8, 4) is 0 Å². The van der Waals surface area contributed by atoms with Gasteiger partial charge in [0, 0.05) is 6.61 Å². The third-order valence-electron chi connectivity index (χ3n) is 5.96. The van der Waals surface area contributed by atoms with Crippen molar-refractivity contribution >= 4 is 0 Å². The molecule has 0 saturated heterocycles. The van der Waals surface area contributed by atoms with Crippen LogP contribution in [0.2, 0.25) is 0 Å². The van der Waals surface area contributed by atoms with E-state index in [-0.39, 0.29) is 11.5 Å². The Bertz CT molecular complexity index is 264. The van der Waals surface area contributed by atoms with Gasteiger partial charge in [-0.05, 0) is 68.1 Å². The fourth-order valence-electron chi connectivity index (χ4n) is 5.41. The number of aliphatic hydroxyl groups excluding tert-OH is 1. The molecule has 1 unspecified atom stereocenters. The standard InChI is InChI=1S/C17H30O2/c1-2-3-4-5-19-12-16(18)17-9-13-6-14(10-17)8-15(7-13)11-17/h13-16,18H,2-12H2,1H3. The minimum Gasteiger partial charge on any atom is -0.390 e. The van der Waals surface area contributed by atoms with E-state index >= 15 is 0 Å². The van der Waals surface area contributed by atoms with Crippen molar-refractivity contribution in [2.75, 3.05) is 13.2 Å². The van der Waals surface area contributed by atoms with E-state index in [0.717, 1.165) is 30.8 Å². The Kier molecular flexibility index (Phi) is 4.19. The molecule has 0 heterocycles. The van der Waals surface area contributed by atoms with Crippen molar-refractivity contribution in [1.82, 2.24) is 0 Å². The molecule has 1 N–H and O–H groups in total. The first kappa shape index (κ1) is 13.9. The molecule has 19 heavy (non-hydrogen) atoms. The van der Waals surface area contributed by atoms with Gasteiger partial charge < -0.3 is 9.84 Å². The van der Waals surface area contributed by atoms with E-state index in [2.05, 4.69) is 6.92 Å². The topological polar surface area (TPSA) is 29.5 Å². The lowest BCUT2D eigenvalue weighted by Gasteiger charge is -2.58. The molecule has 4 rings (SSSR count). The Balaban J connectivity index is 1.50. The maximum Gasteiger partial charge on any atom is 0.0829 e. The Morgan fingerprint density at radius 1 is 1.05 bits per heavy atom. The Labute approximate surface area is 117 Å². The van der Waals surface area contributed by atoms with Crippen LogP contribution in [0.4, 0.5) is 0 Å². The Hall–Kier alpha value is -0.0800. The van der Waals surface area contributed by atoms with Crippen molar-refractivity contribution < 1.29 is 9.84 Å². The Morgan fingerprint density at radius 3 is 2.16 bits per heavy atom. The number of aliphatic hydroxyl groups is 1. The van der Waals surface area contributed by atoms with Crippen LogP contribution >= 0.6 is 0 Å². The summed E-state index contributed by atoms with van der Waals surface area (Å²) in [7, 11) is 0. The number of ether oxygens (including phenoxy) is 1.